The van der Waals surface area contributed by atoms with Crippen molar-refractivity contribution in [1.82, 2.24) is 0 Å². The number of rotatable bonds is 3. The van der Waals surface area contributed by atoms with Gasteiger partial charge in [0.1, 0.15) is 6.61 Å². The standard InChI is InChI=1S/C16H10ClNO4/c17-13-5-11(6-14-15(13)22-9-21-14)8-20-16(19)12-3-1-2-10(4-12)7-18/h1-6H,8-9H2. The molecule has 2 aromatic rings. The van der Waals surface area contributed by atoms with E-state index >= 15 is 0 Å². The van der Waals surface area contributed by atoms with Gasteiger partial charge in [-0.3, -0.25) is 0 Å². The molecule has 0 bridgehead atoms. The maximum atomic E-state index is 12.0. The molecule has 0 spiro atoms. The highest BCUT2D eigenvalue weighted by Crippen LogP contribution is 2.39. The van der Waals surface area contributed by atoms with Gasteiger partial charge >= 0.3 is 5.97 Å². The summed E-state index contributed by atoms with van der Waals surface area (Å²) < 4.78 is 15.7. The highest BCUT2D eigenvalue weighted by Gasteiger charge is 2.19. The summed E-state index contributed by atoms with van der Waals surface area (Å²) in [5.41, 5.74) is 1.42. The van der Waals surface area contributed by atoms with Crippen LogP contribution in [0.1, 0.15) is 21.5 Å². The smallest absolute Gasteiger partial charge is 0.338 e. The maximum Gasteiger partial charge on any atom is 0.338 e. The first-order chi connectivity index (χ1) is 10.7. The van der Waals surface area contributed by atoms with Crippen LogP contribution in [0.5, 0.6) is 11.5 Å². The third kappa shape index (κ3) is 2.83. The molecule has 0 saturated carbocycles. The molecule has 0 fully saturated rings. The van der Waals surface area contributed by atoms with E-state index in [0.717, 1.165) is 0 Å². The molecule has 0 aromatic heterocycles. The Balaban J connectivity index is 1.71. The van der Waals surface area contributed by atoms with Crippen molar-refractivity contribution in [2.24, 2.45) is 0 Å². The van der Waals surface area contributed by atoms with Crippen molar-refractivity contribution < 1.29 is 19.0 Å². The molecule has 22 heavy (non-hydrogen) atoms. The van der Waals surface area contributed by atoms with Crippen LogP contribution in [0.25, 0.3) is 0 Å². The molecule has 1 heterocycles. The zero-order chi connectivity index (χ0) is 15.5. The predicted molar refractivity (Wildman–Crippen MR) is 77.9 cm³/mol. The Morgan fingerprint density at radius 3 is 3.00 bits per heavy atom. The maximum absolute atomic E-state index is 12.0. The minimum Gasteiger partial charge on any atom is -0.457 e. The van der Waals surface area contributed by atoms with Gasteiger partial charge in [-0.1, -0.05) is 17.7 Å². The van der Waals surface area contributed by atoms with Crippen LogP contribution in [-0.4, -0.2) is 12.8 Å². The molecule has 0 amide bonds. The third-order valence-corrected chi connectivity index (χ3v) is 3.37. The Bertz CT molecular complexity index is 782. The first-order valence-corrected chi connectivity index (χ1v) is 6.80. The lowest BCUT2D eigenvalue weighted by molar-refractivity contribution is 0.0472. The van der Waals surface area contributed by atoms with Crippen molar-refractivity contribution in [3.63, 3.8) is 0 Å². The average molecular weight is 316 g/mol. The van der Waals surface area contributed by atoms with Crippen LogP contribution in [0, 0.1) is 11.3 Å². The number of nitrogens with zero attached hydrogens (tertiary/aromatic N) is 1. The van der Waals surface area contributed by atoms with Gasteiger partial charge in [-0.25, -0.2) is 4.79 Å². The summed E-state index contributed by atoms with van der Waals surface area (Å²) in [6.07, 6.45) is 0. The van der Waals surface area contributed by atoms with E-state index in [1.54, 1.807) is 30.3 Å². The van der Waals surface area contributed by atoms with Crippen LogP contribution < -0.4 is 9.47 Å². The number of benzene rings is 2. The Labute approximate surface area is 131 Å². The van der Waals surface area contributed by atoms with Crippen molar-refractivity contribution in [2.75, 3.05) is 6.79 Å². The molecule has 0 aliphatic carbocycles. The lowest BCUT2D eigenvalue weighted by Crippen LogP contribution is -2.05. The van der Waals surface area contributed by atoms with Gasteiger partial charge in [0.05, 0.1) is 22.2 Å². The van der Waals surface area contributed by atoms with Crippen molar-refractivity contribution in [3.8, 4) is 17.6 Å². The van der Waals surface area contributed by atoms with Gasteiger partial charge in [0, 0.05) is 0 Å². The number of fused-ring (bicyclic) bond motifs is 1. The van der Waals surface area contributed by atoms with Crippen molar-refractivity contribution >= 4 is 17.6 Å². The molecule has 5 nitrogen and oxygen atoms in total. The number of carbonyl (C=O) groups is 1. The highest BCUT2D eigenvalue weighted by atomic mass is 35.5. The van der Waals surface area contributed by atoms with Gasteiger partial charge in [-0.15, -0.1) is 0 Å². The van der Waals surface area contributed by atoms with Gasteiger partial charge in [0.2, 0.25) is 6.79 Å². The number of nitriles is 1. The summed E-state index contributed by atoms with van der Waals surface area (Å²) in [4.78, 5) is 12.0. The molecule has 1 aliphatic heterocycles. The molecule has 1 aliphatic rings. The van der Waals surface area contributed by atoms with Crippen LogP contribution in [0.3, 0.4) is 0 Å². The fourth-order valence-electron chi connectivity index (χ4n) is 2.05. The quantitative estimate of drug-likeness (QED) is 0.813. The van der Waals surface area contributed by atoms with E-state index in [1.807, 2.05) is 6.07 Å². The minimum absolute atomic E-state index is 0.0476. The summed E-state index contributed by atoms with van der Waals surface area (Å²) in [5.74, 6) is 0.523. The van der Waals surface area contributed by atoms with E-state index in [2.05, 4.69) is 0 Å². The van der Waals surface area contributed by atoms with E-state index in [-0.39, 0.29) is 13.4 Å². The number of carbonyl (C=O) groups excluding carboxylic acids is 1. The fourth-order valence-corrected chi connectivity index (χ4v) is 2.34. The third-order valence-electron chi connectivity index (χ3n) is 3.08. The molecule has 0 N–H and O–H groups in total. The molecule has 0 unspecified atom stereocenters. The van der Waals surface area contributed by atoms with E-state index in [9.17, 15) is 4.79 Å². The number of ether oxygens (including phenoxy) is 3. The van der Waals surface area contributed by atoms with Gasteiger partial charge < -0.3 is 14.2 Å². The number of esters is 1. The van der Waals surface area contributed by atoms with Gasteiger partial charge in [-0.05, 0) is 35.9 Å². The number of halogens is 1. The van der Waals surface area contributed by atoms with Crippen molar-refractivity contribution in [1.29, 1.82) is 5.26 Å². The van der Waals surface area contributed by atoms with Gasteiger partial charge in [0.25, 0.3) is 0 Å². The Hall–Kier alpha value is -2.71. The second kappa shape index (κ2) is 5.96. The number of hydrogen-bond donors (Lipinski definition) is 0. The first kappa shape index (κ1) is 14.2. The topological polar surface area (TPSA) is 68.6 Å². The minimum atomic E-state index is -0.508. The van der Waals surface area contributed by atoms with Gasteiger partial charge in [-0.2, -0.15) is 5.26 Å². The van der Waals surface area contributed by atoms with Crippen molar-refractivity contribution in [3.05, 3.63) is 58.1 Å². The zero-order valence-electron chi connectivity index (χ0n) is 11.3. The summed E-state index contributed by atoms with van der Waals surface area (Å²) in [6, 6.07) is 11.7. The van der Waals surface area contributed by atoms with Crippen LogP contribution in [-0.2, 0) is 11.3 Å². The summed E-state index contributed by atoms with van der Waals surface area (Å²) in [5, 5.41) is 9.24. The fraction of sp³-hybridized carbons (Fsp3) is 0.125. The Morgan fingerprint density at radius 2 is 2.18 bits per heavy atom. The molecule has 6 heteroatoms. The predicted octanol–water partition coefficient (Wildman–Crippen LogP) is 3.30. The van der Waals surface area contributed by atoms with E-state index in [4.69, 9.17) is 31.1 Å². The van der Waals surface area contributed by atoms with Crippen LogP contribution in [0.2, 0.25) is 5.02 Å². The molecule has 2 aromatic carbocycles. The van der Waals surface area contributed by atoms with Crippen LogP contribution in [0.15, 0.2) is 36.4 Å². The van der Waals surface area contributed by atoms with Gasteiger partial charge in [0.15, 0.2) is 11.5 Å². The Kier molecular flexibility index (Phi) is 3.86. The Morgan fingerprint density at radius 1 is 1.32 bits per heavy atom. The molecular weight excluding hydrogens is 306 g/mol. The summed E-state index contributed by atoms with van der Waals surface area (Å²) >= 11 is 6.07. The van der Waals surface area contributed by atoms with Crippen molar-refractivity contribution in [2.45, 2.75) is 6.61 Å². The SMILES string of the molecule is N#Cc1cccc(C(=O)OCc2cc(Cl)c3c(c2)OCO3)c1. The van der Waals surface area contributed by atoms with E-state index < -0.39 is 5.97 Å². The molecule has 0 radical (unpaired) electrons. The highest BCUT2D eigenvalue weighted by molar-refractivity contribution is 6.32. The van der Waals surface area contributed by atoms with Crippen LogP contribution >= 0.6 is 11.6 Å². The molecule has 3 rings (SSSR count). The average Bonchev–Trinajstić information content (AvgIpc) is 3.01. The largest absolute Gasteiger partial charge is 0.457 e. The monoisotopic (exact) mass is 315 g/mol. The number of hydrogen-bond acceptors (Lipinski definition) is 5. The zero-order valence-corrected chi connectivity index (χ0v) is 12.1. The lowest BCUT2D eigenvalue weighted by Gasteiger charge is -2.07. The second-order valence-electron chi connectivity index (χ2n) is 4.58. The first-order valence-electron chi connectivity index (χ1n) is 6.42. The molecule has 0 saturated heterocycles. The van der Waals surface area contributed by atoms with Crippen LogP contribution in [0.4, 0.5) is 0 Å². The summed E-state index contributed by atoms with van der Waals surface area (Å²) in [6.45, 7) is 0.172. The van der Waals surface area contributed by atoms with E-state index in [1.165, 1.54) is 6.07 Å². The molecular formula is C16H10ClNO4. The molecule has 110 valence electrons. The molecule has 0 atom stereocenters. The normalized spacial score (nSPS) is 11.8. The van der Waals surface area contributed by atoms with E-state index in [0.29, 0.717) is 33.2 Å². The lowest BCUT2D eigenvalue weighted by atomic mass is 10.1. The second-order valence-corrected chi connectivity index (χ2v) is 4.99. The summed E-state index contributed by atoms with van der Waals surface area (Å²) in [7, 11) is 0.